The maximum absolute atomic E-state index is 12.7. The lowest BCUT2D eigenvalue weighted by Crippen LogP contribution is -2.47. The molecule has 0 bridgehead atoms. The first-order chi connectivity index (χ1) is 14.7. The molecule has 2 atom stereocenters. The van der Waals surface area contributed by atoms with Gasteiger partial charge in [0.1, 0.15) is 0 Å². The summed E-state index contributed by atoms with van der Waals surface area (Å²) in [7, 11) is 1.83. The lowest BCUT2D eigenvalue weighted by Gasteiger charge is -2.29. The molecule has 2 N–H and O–H groups in total. The molecule has 1 saturated carbocycles. The molecule has 1 amide bonds. The van der Waals surface area contributed by atoms with Gasteiger partial charge in [-0.2, -0.15) is 0 Å². The van der Waals surface area contributed by atoms with Gasteiger partial charge < -0.3 is 15.5 Å². The van der Waals surface area contributed by atoms with E-state index in [4.69, 9.17) is 0 Å². The molecule has 1 aromatic rings. The fourth-order valence-corrected chi connectivity index (χ4v) is 5.28. The van der Waals surface area contributed by atoms with Gasteiger partial charge in [0.15, 0.2) is 5.96 Å². The summed E-state index contributed by atoms with van der Waals surface area (Å²) in [5.41, 5.74) is 1.36. The van der Waals surface area contributed by atoms with Crippen LogP contribution in [0.4, 0.5) is 0 Å². The van der Waals surface area contributed by atoms with Gasteiger partial charge in [-0.1, -0.05) is 43.2 Å². The van der Waals surface area contributed by atoms with Gasteiger partial charge in [0.25, 0.3) is 0 Å². The average Bonchev–Trinajstić information content (AvgIpc) is 3.56. The number of guanidine groups is 1. The number of nitrogens with zero attached hydrogens (tertiary/aromatic N) is 3. The number of amides is 1. The highest BCUT2D eigenvalue weighted by molar-refractivity contribution is 5.81. The zero-order valence-electron chi connectivity index (χ0n) is 18.4. The third-order valence-electron chi connectivity index (χ3n) is 7.00. The third kappa shape index (κ3) is 5.15. The Bertz CT molecular complexity index is 710. The summed E-state index contributed by atoms with van der Waals surface area (Å²) >= 11 is 0. The van der Waals surface area contributed by atoms with Crippen LogP contribution in [0.3, 0.4) is 0 Å². The SMILES string of the molecule is CN=C(NCC(c1ccccc1)N1CCCC1)NC1CCN(C(=O)C2CCCC2)C1. The average molecular weight is 412 g/mol. The normalized spacial score (nSPS) is 24.4. The van der Waals surface area contributed by atoms with Crippen molar-refractivity contribution in [2.75, 3.05) is 39.8 Å². The molecule has 0 aromatic heterocycles. The molecular formula is C24H37N5O. The maximum Gasteiger partial charge on any atom is 0.225 e. The highest BCUT2D eigenvalue weighted by Gasteiger charge is 2.32. The number of benzene rings is 1. The highest BCUT2D eigenvalue weighted by atomic mass is 16.2. The number of carbonyl (C=O) groups excluding carboxylic acids is 1. The van der Waals surface area contributed by atoms with E-state index in [2.05, 4.69) is 55.8 Å². The Hall–Kier alpha value is -2.08. The van der Waals surface area contributed by atoms with Crippen LogP contribution in [-0.4, -0.2) is 67.5 Å². The molecule has 164 valence electrons. The molecule has 2 aliphatic heterocycles. The molecule has 6 nitrogen and oxygen atoms in total. The number of hydrogen-bond acceptors (Lipinski definition) is 3. The molecule has 0 radical (unpaired) electrons. The van der Waals surface area contributed by atoms with Crippen LogP contribution in [-0.2, 0) is 4.79 Å². The molecule has 1 aliphatic carbocycles. The molecule has 2 heterocycles. The van der Waals surface area contributed by atoms with Gasteiger partial charge in [0.05, 0.1) is 6.04 Å². The molecule has 2 saturated heterocycles. The van der Waals surface area contributed by atoms with Gasteiger partial charge in [-0.25, -0.2) is 0 Å². The molecule has 2 unspecified atom stereocenters. The Morgan fingerprint density at radius 3 is 2.50 bits per heavy atom. The summed E-state index contributed by atoms with van der Waals surface area (Å²) in [6.45, 7) is 4.82. The Kier molecular flexibility index (Phi) is 7.26. The van der Waals surface area contributed by atoms with Crippen molar-refractivity contribution in [1.82, 2.24) is 20.4 Å². The standard InChI is InChI=1S/C24H37N5O/c1-25-24(27-21-13-16-29(18-21)23(30)20-11-5-6-12-20)26-17-22(28-14-7-8-15-28)19-9-3-2-4-10-19/h2-4,9-10,20-22H,5-8,11-18H2,1H3,(H2,25,26,27). The second-order valence-electron chi connectivity index (χ2n) is 9.02. The van der Waals surface area contributed by atoms with Crippen LogP contribution in [0.1, 0.15) is 56.6 Å². The van der Waals surface area contributed by atoms with E-state index < -0.39 is 0 Å². The molecular weight excluding hydrogens is 374 g/mol. The zero-order chi connectivity index (χ0) is 20.8. The van der Waals surface area contributed by atoms with Gasteiger partial charge in [-0.05, 0) is 50.8 Å². The molecule has 1 aromatic carbocycles. The van der Waals surface area contributed by atoms with Crippen LogP contribution < -0.4 is 10.6 Å². The number of hydrogen-bond donors (Lipinski definition) is 2. The van der Waals surface area contributed by atoms with Gasteiger partial charge in [-0.15, -0.1) is 0 Å². The van der Waals surface area contributed by atoms with E-state index >= 15 is 0 Å². The second-order valence-corrected chi connectivity index (χ2v) is 9.02. The van der Waals surface area contributed by atoms with Crippen molar-refractivity contribution in [2.24, 2.45) is 10.9 Å². The Balaban J connectivity index is 1.30. The molecule has 6 heteroatoms. The number of likely N-dealkylation sites (tertiary alicyclic amines) is 2. The number of aliphatic imine (C=N–C) groups is 1. The van der Waals surface area contributed by atoms with Crippen molar-refractivity contribution in [3.05, 3.63) is 35.9 Å². The van der Waals surface area contributed by atoms with Gasteiger partial charge in [0, 0.05) is 38.6 Å². The van der Waals surface area contributed by atoms with E-state index in [1.807, 2.05) is 7.05 Å². The topological polar surface area (TPSA) is 60.0 Å². The first kappa shape index (κ1) is 21.2. The lowest BCUT2D eigenvalue weighted by atomic mass is 10.1. The summed E-state index contributed by atoms with van der Waals surface area (Å²) in [5.74, 6) is 1.49. The number of carbonyl (C=O) groups is 1. The highest BCUT2D eigenvalue weighted by Crippen LogP contribution is 2.28. The monoisotopic (exact) mass is 411 g/mol. The van der Waals surface area contributed by atoms with Crippen molar-refractivity contribution < 1.29 is 4.79 Å². The predicted molar refractivity (Wildman–Crippen MR) is 121 cm³/mol. The summed E-state index contributed by atoms with van der Waals surface area (Å²) < 4.78 is 0. The zero-order valence-corrected chi connectivity index (χ0v) is 18.4. The predicted octanol–water partition coefficient (Wildman–Crippen LogP) is 2.78. The van der Waals surface area contributed by atoms with Crippen molar-refractivity contribution in [3.63, 3.8) is 0 Å². The van der Waals surface area contributed by atoms with Gasteiger partial charge in [-0.3, -0.25) is 14.7 Å². The van der Waals surface area contributed by atoms with Crippen LogP contribution in [0.5, 0.6) is 0 Å². The van der Waals surface area contributed by atoms with Crippen molar-refractivity contribution in [3.8, 4) is 0 Å². The van der Waals surface area contributed by atoms with E-state index in [1.54, 1.807) is 0 Å². The van der Waals surface area contributed by atoms with E-state index in [1.165, 1.54) is 31.2 Å². The van der Waals surface area contributed by atoms with E-state index in [0.29, 0.717) is 11.9 Å². The maximum atomic E-state index is 12.7. The van der Waals surface area contributed by atoms with Crippen molar-refractivity contribution in [2.45, 2.75) is 57.0 Å². The summed E-state index contributed by atoms with van der Waals surface area (Å²) in [6, 6.07) is 11.4. The largest absolute Gasteiger partial charge is 0.354 e. The minimum atomic E-state index is 0.272. The first-order valence-corrected chi connectivity index (χ1v) is 11.8. The minimum Gasteiger partial charge on any atom is -0.354 e. The fraction of sp³-hybridized carbons (Fsp3) is 0.667. The van der Waals surface area contributed by atoms with Crippen LogP contribution in [0.2, 0.25) is 0 Å². The molecule has 3 aliphatic rings. The molecule has 4 rings (SSSR count). The van der Waals surface area contributed by atoms with Gasteiger partial charge in [0.2, 0.25) is 5.91 Å². The van der Waals surface area contributed by atoms with E-state index in [0.717, 1.165) is 57.9 Å². The number of rotatable bonds is 6. The third-order valence-corrected chi connectivity index (χ3v) is 7.00. The lowest BCUT2D eigenvalue weighted by molar-refractivity contribution is -0.134. The Labute approximate surface area is 181 Å². The fourth-order valence-electron chi connectivity index (χ4n) is 5.28. The summed E-state index contributed by atoms with van der Waals surface area (Å²) in [4.78, 5) is 21.8. The van der Waals surface area contributed by atoms with E-state index in [9.17, 15) is 4.79 Å². The van der Waals surface area contributed by atoms with Crippen molar-refractivity contribution in [1.29, 1.82) is 0 Å². The second kappa shape index (κ2) is 10.3. The smallest absolute Gasteiger partial charge is 0.225 e. The van der Waals surface area contributed by atoms with Crippen LogP contribution in [0, 0.1) is 5.92 Å². The Morgan fingerprint density at radius 2 is 1.80 bits per heavy atom. The van der Waals surface area contributed by atoms with Crippen LogP contribution in [0.15, 0.2) is 35.3 Å². The van der Waals surface area contributed by atoms with E-state index in [-0.39, 0.29) is 12.0 Å². The quantitative estimate of drug-likeness (QED) is 0.558. The number of nitrogens with one attached hydrogen (secondary N) is 2. The molecule has 3 fully saturated rings. The Morgan fingerprint density at radius 1 is 1.07 bits per heavy atom. The van der Waals surface area contributed by atoms with Crippen LogP contribution in [0.25, 0.3) is 0 Å². The first-order valence-electron chi connectivity index (χ1n) is 11.8. The minimum absolute atomic E-state index is 0.272. The summed E-state index contributed by atoms with van der Waals surface area (Å²) in [5, 5.41) is 7.13. The van der Waals surface area contributed by atoms with Gasteiger partial charge >= 0.3 is 0 Å². The molecule has 0 spiro atoms. The summed E-state index contributed by atoms with van der Waals surface area (Å²) in [6.07, 6.45) is 8.13. The van der Waals surface area contributed by atoms with Crippen LogP contribution >= 0.6 is 0 Å². The molecule has 30 heavy (non-hydrogen) atoms. The van der Waals surface area contributed by atoms with Crippen molar-refractivity contribution >= 4 is 11.9 Å².